The Balaban J connectivity index is 1.84. The van der Waals surface area contributed by atoms with Gasteiger partial charge in [0.2, 0.25) is 5.91 Å². The number of carbonyl (C=O) groups is 2. The normalized spacial score (nSPS) is 31.1. The van der Waals surface area contributed by atoms with Crippen LogP contribution >= 0.6 is 0 Å². The van der Waals surface area contributed by atoms with Gasteiger partial charge in [-0.05, 0) is 58.0 Å². The first-order valence-corrected chi connectivity index (χ1v) is 7.78. The van der Waals surface area contributed by atoms with Gasteiger partial charge in [0.25, 0.3) is 0 Å². The van der Waals surface area contributed by atoms with Crippen LogP contribution in [0.5, 0.6) is 0 Å². The molecule has 0 spiro atoms. The summed E-state index contributed by atoms with van der Waals surface area (Å²) in [5.74, 6) is -0.0676. The molecule has 0 aromatic rings. The van der Waals surface area contributed by atoms with Gasteiger partial charge in [0.15, 0.2) is 0 Å². The molecule has 2 N–H and O–H groups in total. The first-order chi connectivity index (χ1) is 9.61. The molecule has 5 nitrogen and oxygen atoms in total. The lowest BCUT2D eigenvalue weighted by atomic mass is 9.81. The monoisotopic (exact) mass is 282 g/mol. The number of carboxylic acid groups (broad SMARTS) is 1. The molecule has 1 heterocycles. The molecule has 1 saturated heterocycles. The lowest BCUT2D eigenvalue weighted by molar-refractivity contribution is -0.146. The zero-order chi connectivity index (χ0) is 14.5. The van der Waals surface area contributed by atoms with Crippen LogP contribution in [0.3, 0.4) is 0 Å². The molecule has 2 rings (SSSR count). The average Bonchev–Trinajstić information content (AvgIpc) is 2.47. The predicted octanol–water partition coefficient (Wildman–Crippen LogP) is 1.34. The number of hydrogen-bond acceptors (Lipinski definition) is 3. The van der Waals surface area contributed by atoms with Crippen LogP contribution in [-0.2, 0) is 9.59 Å². The second-order valence-corrected chi connectivity index (χ2v) is 6.24. The van der Waals surface area contributed by atoms with Crippen LogP contribution in [0, 0.1) is 17.8 Å². The minimum Gasteiger partial charge on any atom is -0.481 e. The topological polar surface area (TPSA) is 69.6 Å². The minimum atomic E-state index is -0.706. The van der Waals surface area contributed by atoms with Gasteiger partial charge in [-0.2, -0.15) is 0 Å². The van der Waals surface area contributed by atoms with Crippen LogP contribution in [0.15, 0.2) is 0 Å². The lowest BCUT2D eigenvalue weighted by Gasteiger charge is -2.36. The first kappa shape index (κ1) is 15.3. The summed E-state index contributed by atoms with van der Waals surface area (Å²) in [6.45, 7) is 2.70. The largest absolute Gasteiger partial charge is 0.481 e. The van der Waals surface area contributed by atoms with E-state index in [2.05, 4.69) is 5.32 Å². The fourth-order valence-corrected chi connectivity index (χ4v) is 3.57. The molecule has 1 amide bonds. The Morgan fingerprint density at radius 1 is 1.15 bits per heavy atom. The van der Waals surface area contributed by atoms with E-state index < -0.39 is 5.97 Å². The number of aliphatic carboxylic acids is 1. The molecule has 0 bridgehead atoms. The average molecular weight is 282 g/mol. The maximum atomic E-state index is 12.5. The minimum absolute atomic E-state index is 0.0546. The van der Waals surface area contributed by atoms with Gasteiger partial charge in [-0.25, -0.2) is 0 Å². The third-order valence-electron chi connectivity index (χ3n) is 4.75. The maximum Gasteiger partial charge on any atom is 0.306 e. The number of amides is 1. The number of nitrogens with one attached hydrogen (secondary N) is 1. The fourth-order valence-electron chi connectivity index (χ4n) is 3.57. The quantitative estimate of drug-likeness (QED) is 0.816. The van der Waals surface area contributed by atoms with Crippen molar-refractivity contribution in [1.29, 1.82) is 0 Å². The smallest absolute Gasteiger partial charge is 0.306 e. The Kier molecular flexibility index (Phi) is 5.40. The predicted molar refractivity (Wildman–Crippen MR) is 76.3 cm³/mol. The first-order valence-electron chi connectivity index (χ1n) is 7.78. The highest BCUT2D eigenvalue weighted by Crippen LogP contribution is 2.31. The highest BCUT2D eigenvalue weighted by atomic mass is 16.4. The van der Waals surface area contributed by atoms with Crippen molar-refractivity contribution in [2.24, 2.45) is 17.8 Å². The van der Waals surface area contributed by atoms with E-state index >= 15 is 0 Å². The molecule has 1 unspecified atom stereocenters. The van der Waals surface area contributed by atoms with Crippen LogP contribution in [0.1, 0.15) is 38.5 Å². The standard InChI is InChI=1S/C15H26N2O3/c1-16-9-11-3-2-8-17(10-11)14(18)12-4-6-13(7-5-12)15(19)20/h11-13,16H,2-10H2,1H3,(H,19,20). The van der Waals surface area contributed by atoms with Crippen LogP contribution in [0.25, 0.3) is 0 Å². The van der Waals surface area contributed by atoms with E-state index in [4.69, 9.17) is 5.11 Å². The summed E-state index contributed by atoms with van der Waals surface area (Å²) in [5.41, 5.74) is 0. The van der Waals surface area contributed by atoms with Crippen LogP contribution in [-0.4, -0.2) is 48.6 Å². The van der Waals surface area contributed by atoms with Crippen molar-refractivity contribution in [3.63, 3.8) is 0 Å². The van der Waals surface area contributed by atoms with E-state index in [-0.39, 0.29) is 17.7 Å². The molecule has 0 aromatic heterocycles. The number of rotatable bonds is 4. The lowest BCUT2D eigenvalue weighted by Crippen LogP contribution is -2.45. The highest BCUT2D eigenvalue weighted by Gasteiger charge is 2.33. The molecular weight excluding hydrogens is 256 g/mol. The highest BCUT2D eigenvalue weighted by molar-refractivity contribution is 5.79. The van der Waals surface area contributed by atoms with Gasteiger partial charge in [-0.3, -0.25) is 9.59 Å². The van der Waals surface area contributed by atoms with E-state index in [0.717, 1.165) is 38.9 Å². The summed E-state index contributed by atoms with van der Waals surface area (Å²) in [5, 5.41) is 12.2. The maximum absolute atomic E-state index is 12.5. The van der Waals surface area contributed by atoms with Gasteiger partial charge < -0.3 is 15.3 Å². The molecule has 1 aliphatic heterocycles. The van der Waals surface area contributed by atoms with Crippen molar-refractivity contribution in [3.8, 4) is 0 Å². The zero-order valence-corrected chi connectivity index (χ0v) is 12.3. The second kappa shape index (κ2) is 7.07. The summed E-state index contributed by atoms with van der Waals surface area (Å²) in [6.07, 6.45) is 5.06. The Hall–Kier alpha value is -1.10. The van der Waals surface area contributed by atoms with Crippen molar-refractivity contribution in [3.05, 3.63) is 0 Å². The summed E-state index contributed by atoms with van der Waals surface area (Å²) in [6, 6.07) is 0. The molecule has 0 aromatic carbocycles. The molecule has 2 aliphatic rings. The Labute approximate surface area is 120 Å². The van der Waals surface area contributed by atoms with Gasteiger partial charge in [0.05, 0.1) is 5.92 Å². The Bertz CT molecular complexity index is 349. The van der Waals surface area contributed by atoms with E-state index in [0.29, 0.717) is 18.8 Å². The number of hydrogen-bond donors (Lipinski definition) is 2. The van der Waals surface area contributed by atoms with Crippen molar-refractivity contribution >= 4 is 11.9 Å². The summed E-state index contributed by atoms with van der Waals surface area (Å²) >= 11 is 0. The summed E-state index contributed by atoms with van der Waals surface area (Å²) in [4.78, 5) is 25.5. The van der Waals surface area contributed by atoms with Crippen molar-refractivity contribution in [1.82, 2.24) is 10.2 Å². The molecule has 1 saturated carbocycles. The zero-order valence-electron chi connectivity index (χ0n) is 12.3. The summed E-state index contributed by atoms with van der Waals surface area (Å²) < 4.78 is 0. The molecule has 1 aliphatic carbocycles. The molecule has 1 atom stereocenters. The van der Waals surface area contributed by atoms with Crippen molar-refractivity contribution in [2.45, 2.75) is 38.5 Å². The second-order valence-electron chi connectivity index (χ2n) is 6.24. The molecule has 0 radical (unpaired) electrons. The van der Waals surface area contributed by atoms with Gasteiger partial charge in [-0.15, -0.1) is 0 Å². The number of carboxylic acids is 1. The Morgan fingerprint density at radius 2 is 1.80 bits per heavy atom. The van der Waals surface area contributed by atoms with Crippen molar-refractivity contribution < 1.29 is 14.7 Å². The number of likely N-dealkylation sites (tertiary alicyclic amines) is 1. The number of piperidine rings is 1. The third-order valence-corrected chi connectivity index (χ3v) is 4.75. The Morgan fingerprint density at radius 3 is 2.40 bits per heavy atom. The SMILES string of the molecule is CNCC1CCCN(C(=O)C2CCC(C(=O)O)CC2)C1. The number of carbonyl (C=O) groups excluding carboxylic acids is 1. The summed E-state index contributed by atoms with van der Waals surface area (Å²) in [7, 11) is 1.95. The van der Waals surface area contributed by atoms with Crippen molar-refractivity contribution in [2.75, 3.05) is 26.7 Å². The fraction of sp³-hybridized carbons (Fsp3) is 0.867. The third kappa shape index (κ3) is 3.72. The van der Waals surface area contributed by atoms with E-state index in [1.54, 1.807) is 0 Å². The molecule has 5 heteroatoms. The number of nitrogens with zero attached hydrogens (tertiary/aromatic N) is 1. The molecule has 2 fully saturated rings. The van der Waals surface area contributed by atoms with Gasteiger partial charge in [-0.1, -0.05) is 0 Å². The van der Waals surface area contributed by atoms with Crippen LogP contribution < -0.4 is 5.32 Å². The van der Waals surface area contributed by atoms with E-state index in [1.807, 2.05) is 11.9 Å². The molecule has 20 heavy (non-hydrogen) atoms. The van der Waals surface area contributed by atoms with Crippen LogP contribution in [0.2, 0.25) is 0 Å². The van der Waals surface area contributed by atoms with Gasteiger partial charge in [0, 0.05) is 19.0 Å². The molecule has 114 valence electrons. The van der Waals surface area contributed by atoms with Crippen LogP contribution in [0.4, 0.5) is 0 Å². The van der Waals surface area contributed by atoms with Gasteiger partial charge >= 0.3 is 5.97 Å². The van der Waals surface area contributed by atoms with E-state index in [9.17, 15) is 9.59 Å². The van der Waals surface area contributed by atoms with E-state index in [1.165, 1.54) is 6.42 Å². The molecular formula is C15H26N2O3. The van der Waals surface area contributed by atoms with Gasteiger partial charge in [0.1, 0.15) is 0 Å².